The highest BCUT2D eigenvalue weighted by Crippen LogP contribution is 2.34. The van der Waals surface area contributed by atoms with E-state index >= 15 is 0 Å². The Balaban J connectivity index is 1.88. The fourth-order valence-corrected chi connectivity index (χ4v) is 3.78. The molecular weight excluding hydrogens is 352 g/mol. The van der Waals surface area contributed by atoms with Crippen molar-refractivity contribution >= 4 is 27.5 Å². The van der Waals surface area contributed by atoms with Crippen molar-refractivity contribution in [3.8, 4) is 0 Å². The molecule has 112 valence electrons. The number of hydrogen-bond acceptors (Lipinski definition) is 2. The largest absolute Gasteiger partial charge is 0.389 e. The fourth-order valence-electron chi connectivity index (χ4n) is 3.14. The summed E-state index contributed by atoms with van der Waals surface area (Å²) < 4.78 is 2.88. The van der Waals surface area contributed by atoms with Crippen molar-refractivity contribution < 1.29 is 5.11 Å². The Bertz CT molecular complexity index is 698. The lowest BCUT2D eigenvalue weighted by atomic mass is 9.78. The van der Waals surface area contributed by atoms with E-state index in [1.807, 2.05) is 20.0 Å². The Morgan fingerprint density at radius 1 is 1.43 bits per heavy atom. The Morgan fingerprint density at radius 2 is 2.19 bits per heavy atom. The van der Waals surface area contributed by atoms with E-state index in [2.05, 4.69) is 33.2 Å². The number of hydrogen-bond donors (Lipinski definition) is 1. The average Bonchev–Trinajstić information content (AvgIpc) is 2.66. The number of benzene rings is 1. The van der Waals surface area contributed by atoms with Crippen molar-refractivity contribution in [3.63, 3.8) is 0 Å². The Morgan fingerprint density at radius 3 is 2.86 bits per heavy atom. The molecule has 0 spiro atoms. The van der Waals surface area contributed by atoms with Crippen LogP contribution in [-0.4, -0.2) is 20.5 Å². The van der Waals surface area contributed by atoms with Crippen molar-refractivity contribution in [2.24, 2.45) is 7.05 Å². The molecule has 3 nitrogen and oxygen atoms in total. The average molecular weight is 370 g/mol. The van der Waals surface area contributed by atoms with E-state index in [9.17, 15) is 5.11 Å². The summed E-state index contributed by atoms with van der Waals surface area (Å²) in [6.07, 6.45) is 2.84. The Hall–Kier alpha value is -0.840. The zero-order valence-electron chi connectivity index (χ0n) is 12.2. The highest BCUT2D eigenvalue weighted by molar-refractivity contribution is 9.10. The van der Waals surface area contributed by atoms with Gasteiger partial charge in [-0.15, -0.1) is 0 Å². The smallest absolute Gasteiger partial charge is 0.0848 e. The van der Waals surface area contributed by atoms with Gasteiger partial charge in [0.15, 0.2) is 0 Å². The molecule has 1 unspecified atom stereocenters. The van der Waals surface area contributed by atoms with Crippen molar-refractivity contribution in [3.05, 3.63) is 50.2 Å². The van der Waals surface area contributed by atoms with Gasteiger partial charge in [0.05, 0.1) is 22.0 Å². The maximum Gasteiger partial charge on any atom is 0.0848 e. The first-order valence-electron chi connectivity index (χ1n) is 7.06. The molecule has 1 aromatic carbocycles. The summed E-state index contributed by atoms with van der Waals surface area (Å²) in [5, 5.41) is 16.0. The molecule has 0 aliphatic heterocycles. The van der Waals surface area contributed by atoms with Gasteiger partial charge in [0.2, 0.25) is 0 Å². The molecular formula is C16H18BrClN2O. The van der Waals surface area contributed by atoms with Crippen molar-refractivity contribution in [2.45, 2.75) is 38.2 Å². The first-order chi connectivity index (χ1) is 9.88. The van der Waals surface area contributed by atoms with Gasteiger partial charge in [0, 0.05) is 24.4 Å². The summed E-state index contributed by atoms with van der Waals surface area (Å²) in [4.78, 5) is 0. The number of halogens is 2. The van der Waals surface area contributed by atoms with Gasteiger partial charge < -0.3 is 5.11 Å². The molecule has 2 aromatic rings. The van der Waals surface area contributed by atoms with E-state index in [1.54, 1.807) is 4.68 Å². The van der Waals surface area contributed by atoms with Crippen molar-refractivity contribution in [1.82, 2.24) is 9.78 Å². The number of rotatable bonds is 2. The fraction of sp³-hybridized carbons (Fsp3) is 0.438. The standard InChI is InChI=1S/C16H18BrClN2O/c1-10-15(18)14(20(2)19-10)9-16(21)6-5-11-7-13(17)4-3-12(11)8-16/h3-4,7,21H,5-6,8-9H2,1-2H3. The van der Waals surface area contributed by atoms with Gasteiger partial charge in [-0.25, -0.2) is 0 Å². The normalized spacial score (nSPS) is 21.4. The lowest BCUT2D eigenvalue weighted by molar-refractivity contribution is 0.0250. The Labute approximate surface area is 138 Å². The van der Waals surface area contributed by atoms with Gasteiger partial charge in [-0.2, -0.15) is 5.10 Å². The van der Waals surface area contributed by atoms with E-state index in [1.165, 1.54) is 11.1 Å². The first kappa shape index (κ1) is 15.1. The SMILES string of the molecule is Cc1nn(C)c(CC2(O)CCc3cc(Br)ccc3C2)c1Cl. The molecule has 0 bridgehead atoms. The maximum atomic E-state index is 11.0. The van der Waals surface area contributed by atoms with Gasteiger partial charge in [-0.05, 0) is 43.0 Å². The molecule has 21 heavy (non-hydrogen) atoms. The van der Waals surface area contributed by atoms with Crippen LogP contribution < -0.4 is 0 Å². The maximum absolute atomic E-state index is 11.0. The first-order valence-corrected chi connectivity index (χ1v) is 8.23. The van der Waals surface area contributed by atoms with Gasteiger partial charge in [-0.1, -0.05) is 33.6 Å². The van der Waals surface area contributed by atoms with E-state index in [0.717, 1.165) is 28.7 Å². The van der Waals surface area contributed by atoms with Crippen LogP contribution >= 0.6 is 27.5 Å². The topological polar surface area (TPSA) is 38.0 Å². The predicted octanol–water partition coefficient (Wildman–Crippen LogP) is 3.61. The molecule has 0 saturated heterocycles. The van der Waals surface area contributed by atoms with Crippen LogP contribution in [-0.2, 0) is 26.3 Å². The third kappa shape index (κ3) is 2.89. The van der Waals surface area contributed by atoms with E-state index in [0.29, 0.717) is 17.9 Å². The molecule has 1 aliphatic rings. The molecule has 1 aliphatic carbocycles. The van der Waals surface area contributed by atoms with Crippen LogP contribution in [0.4, 0.5) is 0 Å². The van der Waals surface area contributed by atoms with Crippen LogP contribution in [0.1, 0.15) is 28.9 Å². The summed E-state index contributed by atoms with van der Waals surface area (Å²) in [7, 11) is 1.88. The third-order valence-electron chi connectivity index (χ3n) is 4.31. The third-order valence-corrected chi connectivity index (χ3v) is 5.29. The molecule has 1 atom stereocenters. The van der Waals surface area contributed by atoms with Crippen LogP contribution in [0, 0.1) is 6.92 Å². The molecule has 5 heteroatoms. The molecule has 0 amide bonds. The summed E-state index contributed by atoms with van der Waals surface area (Å²) >= 11 is 9.82. The second-order valence-corrected chi connectivity index (χ2v) is 7.25. The number of aryl methyl sites for hydroxylation is 3. The number of aliphatic hydroxyl groups is 1. The lowest BCUT2D eigenvalue weighted by Crippen LogP contribution is -2.38. The number of nitrogens with zero attached hydrogens (tertiary/aromatic N) is 2. The van der Waals surface area contributed by atoms with Crippen LogP contribution in [0.5, 0.6) is 0 Å². The molecule has 1 N–H and O–H groups in total. The van der Waals surface area contributed by atoms with Crippen LogP contribution in [0.3, 0.4) is 0 Å². The second kappa shape index (κ2) is 5.41. The van der Waals surface area contributed by atoms with E-state index in [4.69, 9.17) is 11.6 Å². The molecule has 0 fully saturated rings. The zero-order chi connectivity index (χ0) is 15.2. The second-order valence-electron chi connectivity index (χ2n) is 5.96. The van der Waals surface area contributed by atoms with Gasteiger partial charge in [0.25, 0.3) is 0 Å². The molecule has 0 radical (unpaired) electrons. The van der Waals surface area contributed by atoms with Gasteiger partial charge in [-0.3, -0.25) is 4.68 Å². The molecule has 1 heterocycles. The molecule has 1 aromatic heterocycles. The highest BCUT2D eigenvalue weighted by atomic mass is 79.9. The zero-order valence-corrected chi connectivity index (χ0v) is 14.5. The molecule has 3 rings (SSSR count). The molecule has 0 saturated carbocycles. The summed E-state index contributed by atoms with van der Waals surface area (Å²) in [6, 6.07) is 6.28. The minimum Gasteiger partial charge on any atom is -0.389 e. The summed E-state index contributed by atoms with van der Waals surface area (Å²) in [6.45, 7) is 1.89. The van der Waals surface area contributed by atoms with E-state index < -0.39 is 5.60 Å². The predicted molar refractivity (Wildman–Crippen MR) is 87.8 cm³/mol. The monoisotopic (exact) mass is 368 g/mol. The van der Waals surface area contributed by atoms with Crippen molar-refractivity contribution in [1.29, 1.82) is 0 Å². The number of aromatic nitrogens is 2. The highest BCUT2D eigenvalue weighted by Gasteiger charge is 2.34. The van der Waals surface area contributed by atoms with Gasteiger partial charge in [0.1, 0.15) is 0 Å². The van der Waals surface area contributed by atoms with Crippen molar-refractivity contribution in [2.75, 3.05) is 0 Å². The van der Waals surface area contributed by atoms with Gasteiger partial charge >= 0.3 is 0 Å². The van der Waals surface area contributed by atoms with E-state index in [-0.39, 0.29) is 0 Å². The minimum absolute atomic E-state index is 0.540. The number of fused-ring (bicyclic) bond motifs is 1. The minimum atomic E-state index is -0.745. The lowest BCUT2D eigenvalue weighted by Gasteiger charge is -2.33. The van der Waals surface area contributed by atoms with Crippen LogP contribution in [0.25, 0.3) is 0 Å². The van der Waals surface area contributed by atoms with Crippen LogP contribution in [0.15, 0.2) is 22.7 Å². The summed E-state index contributed by atoms with van der Waals surface area (Å²) in [5.74, 6) is 0. The van der Waals surface area contributed by atoms with Crippen LogP contribution in [0.2, 0.25) is 5.02 Å². The quantitative estimate of drug-likeness (QED) is 0.878. The Kier molecular flexibility index (Phi) is 3.89. The summed E-state index contributed by atoms with van der Waals surface area (Å²) in [5.41, 5.74) is 3.53.